The number of aromatic nitrogens is 1. The Bertz CT molecular complexity index is 1110. The summed E-state index contributed by atoms with van der Waals surface area (Å²) >= 11 is 6.27. The van der Waals surface area contributed by atoms with Crippen molar-refractivity contribution in [1.82, 2.24) is 9.88 Å². The fourth-order valence-electron chi connectivity index (χ4n) is 4.06. The van der Waals surface area contributed by atoms with Crippen molar-refractivity contribution in [3.8, 4) is 0 Å². The monoisotopic (exact) mass is 480 g/mol. The van der Waals surface area contributed by atoms with Crippen LogP contribution in [0.1, 0.15) is 42.1 Å². The maximum atomic E-state index is 12.0. The number of fused-ring (bicyclic) bond motifs is 2. The largest absolute Gasteiger partial charge is 0.450 e. The minimum atomic E-state index is -4.67. The summed E-state index contributed by atoms with van der Waals surface area (Å²) in [6, 6.07) is 10.3. The van der Waals surface area contributed by atoms with Crippen LogP contribution in [-0.2, 0) is 28.0 Å². The quantitative estimate of drug-likeness (QED) is 0.586. The highest BCUT2D eigenvalue weighted by molar-refractivity contribution is 7.79. The average molecular weight is 481 g/mol. The van der Waals surface area contributed by atoms with Crippen LogP contribution in [-0.4, -0.2) is 53.2 Å². The zero-order valence-electron chi connectivity index (χ0n) is 17.6. The summed E-state index contributed by atoms with van der Waals surface area (Å²) < 4.78 is 36.7. The van der Waals surface area contributed by atoms with Crippen molar-refractivity contribution in [2.45, 2.75) is 32.6 Å². The lowest BCUT2D eigenvalue weighted by Crippen LogP contribution is -2.37. The fourth-order valence-corrected chi connectivity index (χ4v) is 4.25. The number of pyridine rings is 1. The Hall–Kier alpha value is -2.46. The van der Waals surface area contributed by atoms with E-state index in [1.807, 2.05) is 25.3 Å². The van der Waals surface area contributed by atoms with E-state index >= 15 is 0 Å². The molecule has 2 N–H and O–H groups in total. The smallest absolute Gasteiger partial charge is 0.409 e. The van der Waals surface area contributed by atoms with Crippen molar-refractivity contribution >= 4 is 33.7 Å². The third kappa shape index (κ3) is 6.29. The number of ether oxygens (including phenoxy) is 1. The van der Waals surface area contributed by atoms with Gasteiger partial charge in [0.2, 0.25) is 0 Å². The number of piperidine rings is 1. The molecule has 1 saturated heterocycles. The van der Waals surface area contributed by atoms with E-state index in [1.165, 1.54) is 27.8 Å². The Morgan fingerprint density at radius 2 is 1.78 bits per heavy atom. The first-order valence-corrected chi connectivity index (χ1v) is 12.0. The van der Waals surface area contributed by atoms with Gasteiger partial charge >= 0.3 is 16.5 Å². The molecule has 1 amide bonds. The van der Waals surface area contributed by atoms with E-state index in [9.17, 15) is 4.79 Å². The van der Waals surface area contributed by atoms with Crippen LogP contribution in [0.4, 0.5) is 4.79 Å². The van der Waals surface area contributed by atoms with Gasteiger partial charge in [-0.2, -0.15) is 8.42 Å². The van der Waals surface area contributed by atoms with Gasteiger partial charge in [-0.1, -0.05) is 29.3 Å². The van der Waals surface area contributed by atoms with E-state index < -0.39 is 10.4 Å². The summed E-state index contributed by atoms with van der Waals surface area (Å²) in [5, 5.41) is 0.772. The second-order valence-electron chi connectivity index (χ2n) is 7.42. The Kier molecular flexibility index (Phi) is 7.89. The van der Waals surface area contributed by atoms with Crippen LogP contribution < -0.4 is 0 Å². The van der Waals surface area contributed by atoms with Crippen LogP contribution in [0.25, 0.3) is 5.57 Å². The number of nitrogens with zero attached hydrogens (tertiary/aromatic N) is 2. The van der Waals surface area contributed by atoms with E-state index in [0.717, 1.165) is 36.4 Å². The first-order chi connectivity index (χ1) is 15.2. The summed E-state index contributed by atoms with van der Waals surface area (Å²) in [5.41, 5.74) is 7.46. The number of rotatable bonds is 1. The number of likely N-dealkylation sites (tertiary alicyclic amines) is 1. The molecule has 0 bridgehead atoms. The van der Waals surface area contributed by atoms with Gasteiger partial charge in [0.25, 0.3) is 0 Å². The number of amides is 1. The number of carbonyl (C=O) groups excluding carboxylic acids is 1. The number of carbonyl (C=O) groups is 1. The van der Waals surface area contributed by atoms with Gasteiger partial charge in [0.05, 0.1) is 12.3 Å². The van der Waals surface area contributed by atoms with Gasteiger partial charge in [0, 0.05) is 29.9 Å². The molecule has 8 nitrogen and oxygen atoms in total. The molecule has 1 aromatic heterocycles. The summed E-state index contributed by atoms with van der Waals surface area (Å²) in [5.74, 6) is 0. The van der Waals surface area contributed by atoms with Crippen molar-refractivity contribution in [3.63, 3.8) is 0 Å². The van der Waals surface area contributed by atoms with Crippen molar-refractivity contribution in [2.24, 2.45) is 0 Å². The summed E-state index contributed by atoms with van der Waals surface area (Å²) in [6.07, 6.45) is 5.25. The predicted octanol–water partition coefficient (Wildman–Crippen LogP) is 4.24. The van der Waals surface area contributed by atoms with Gasteiger partial charge in [-0.15, -0.1) is 0 Å². The van der Waals surface area contributed by atoms with Crippen LogP contribution in [0.2, 0.25) is 5.02 Å². The minimum absolute atomic E-state index is 0.215. The highest BCUT2D eigenvalue weighted by atomic mass is 35.5. The lowest BCUT2D eigenvalue weighted by Gasteiger charge is -2.29. The first-order valence-electron chi connectivity index (χ1n) is 10.2. The fraction of sp³-hybridized carbons (Fsp3) is 0.364. The highest BCUT2D eigenvalue weighted by Gasteiger charge is 2.26. The van der Waals surface area contributed by atoms with Gasteiger partial charge < -0.3 is 9.64 Å². The predicted molar refractivity (Wildman–Crippen MR) is 121 cm³/mol. The number of aryl methyl sites for hydroxylation is 2. The third-order valence-corrected chi connectivity index (χ3v) is 5.61. The molecule has 172 valence electrons. The van der Waals surface area contributed by atoms with Crippen molar-refractivity contribution in [3.05, 3.63) is 69.5 Å². The van der Waals surface area contributed by atoms with Crippen molar-refractivity contribution in [1.29, 1.82) is 0 Å². The topological polar surface area (TPSA) is 117 Å². The van der Waals surface area contributed by atoms with E-state index in [4.69, 9.17) is 38.8 Å². The third-order valence-electron chi connectivity index (χ3n) is 5.37. The minimum Gasteiger partial charge on any atom is -0.450 e. The Balaban J connectivity index is 0.000000523. The number of hydrogen-bond acceptors (Lipinski definition) is 5. The van der Waals surface area contributed by atoms with Crippen molar-refractivity contribution in [2.75, 3.05) is 19.7 Å². The summed E-state index contributed by atoms with van der Waals surface area (Å²) in [4.78, 5) is 18.6. The van der Waals surface area contributed by atoms with E-state index in [0.29, 0.717) is 19.7 Å². The Labute approximate surface area is 192 Å². The van der Waals surface area contributed by atoms with Crippen LogP contribution >= 0.6 is 11.6 Å². The van der Waals surface area contributed by atoms with Crippen LogP contribution in [0.15, 0.2) is 42.1 Å². The molecular weight excluding hydrogens is 456 g/mol. The van der Waals surface area contributed by atoms with E-state index in [-0.39, 0.29) is 6.09 Å². The molecule has 4 rings (SSSR count). The first kappa shape index (κ1) is 24.2. The molecule has 2 aliphatic rings. The molecule has 1 aliphatic heterocycles. The normalized spacial score (nSPS) is 15.7. The van der Waals surface area contributed by atoms with E-state index in [1.54, 1.807) is 4.90 Å². The molecule has 2 aromatic rings. The lowest BCUT2D eigenvalue weighted by molar-refractivity contribution is 0.104. The molecule has 0 atom stereocenters. The molecule has 32 heavy (non-hydrogen) atoms. The molecule has 10 heteroatoms. The maximum absolute atomic E-state index is 12.0. The summed E-state index contributed by atoms with van der Waals surface area (Å²) in [6.45, 7) is 3.62. The van der Waals surface area contributed by atoms with Gasteiger partial charge in [0.1, 0.15) is 0 Å². The molecule has 0 spiro atoms. The van der Waals surface area contributed by atoms with Gasteiger partial charge in [0.15, 0.2) is 0 Å². The van der Waals surface area contributed by atoms with E-state index in [2.05, 4.69) is 18.2 Å². The van der Waals surface area contributed by atoms with Crippen molar-refractivity contribution < 1.29 is 27.1 Å². The number of benzene rings is 1. The van der Waals surface area contributed by atoms with Gasteiger partial charge in [-0.05, 0) is 67.5 Å². The molecule has 1 aliphatic carbocycles. The second-order valence-corrected chi connectivity index (χ2v) is 8.76. The Morgan fingerprint density at radius 3 is 2.44 bits per heavy atom. The Morgan fingerprint density at radius 1 is 1.12 bits per heavy atom. The zero-order valence-corrected chi connectivity index (χ0v) is 19.2. The van der Waals surface area contributed by atoms with Crippen LogP contribution in [0.5, 0.6) is 0 Å². The molecule has 0 saturated carbocycles. The van der Waals surface area contributed by atoms with Gasteiger partial charge in [-0.3, -0.25) is 14.1 Å². The maximum Gasteiger partial charge on any atom is 0.409 e. The molecular formula is C22H25ClN2O6S. The molecule has 1 fully saturated rings. The average Bonchev–Trinajstić information content (AvgIpc) is 2.89. The standard InChI is InChI=1S/C22H23ClN2O2.H2O4S/c1-2-27-22(26)25-12-9-15(10-13-25)20-19-8-7-18(23)14-17(19)6-5-16-4-3-11-24-21(16)20;1-5(2,3)4/h3-4,7-8,11,14H,2,5-6,9-10,12-13H2,1H3;(H2,1,2,3,4). The highest BCUT2D eigenvalue weighted by Crippen LogP contribution is 2.38. The molecule has 0 radical (unpaired) electrons. The van der Waals surface area contributed by atoms with Crippen LogP contribution in [0, 0.1) is 0 Å². The summed E-state index contributed by atoms with van der Waals surface area (Å²) in [7, 11) is -4.67. The molecule has 1 aromatic carbocycles. The SMILES string of the molecule is CCOC(=O)N1CCC(=C2c3ccc(Cl)cc3CCc3cccnc32)CC1.O=S(=O)(O)O. The molecule has 2 heterocycles. The van der Waals surface area contributed by atoms with Gasteiger partial charge in [-0.25, -0.2) is 4.79 Å². The lowest BCUT2D eigenvalue weighted by atomic mass is 9.88. The number of hydrogen-bond donors (Lipinski definition) is 2. The number of halogens is 1. The second kappa shape index (κ2) is 10.4. The van der Waals surface area contributed by atoms with Crippen LogP contribution in [0.3, 0.4) is 0 Å². The molecule has 0 unspecified atom stereocenters. The zero-order chi connectivity index (χ0) is 23.3.